The first-order valence-electron chi connectivity index (χ1n) is 5.43. The Bertz CT molecular complexity index is 331. The Kier molecular flexibility index (Phi) is 4.45. The van der Waals surface area contributed by atoms with Crippen molar-refractivity contribution in [1.29, 1.82) is 0 Å². The number of hydrogen-bond acceptors (Lipinski definition) is 4. The molecule has 2 atom stereocenters. The number of hydroxylamine groups is 1. The lowest BCUT2D eigenvalue weighted by Gasteiger charge is -2.24. The van der Waals surface area contributed by atoms with Crippen molar-refractivity contribution in [3.05, 3.63) is 0 Å². The summed E-state index contributed by atoms with van der Waals surface area (Å²) < 4.78 is 0. The maximum Gasteiger partial charge on any atom is 0.326 e. The SMILES string of the molecule is CC(CC(=O)NO)C(=O)N1CCC[C@H]1C(=O)O. The van der Waals surface area contributed by atoms with Gasteiger partial charge >= 0.3 is 5.97 Å². The summed E-state index contributed by atoms with van der Waals surface area (Å²) in [6.45, 7) is 1.94. The van der Waals surface area contributed by atoms with Crippen LogP contribution in [0.5, 0.6) is 0 Å². The van der Waals surface area contributed by atoms with Gasteiger partial charge in [0.1, 0.15) is 6.04 Å². The van der Waals surface area contributed by atoms with Crippen LogP contribution in [-0.4, -0.2) is 45.6 Å². The van der Waals surface area contributed by atoms with Crippen molar-refractivity contribution in [2.75, 3.05) is 6.54 Å². The molecule has 0 spiro atoms. The van der Waals surface area contributed by atoms with Crippen molar-refractivity contribution in [2.24, 2.45) is 5.92 Å². The third-order valence-corrected chi connectivity index (χ3v) is 2.86. The van der Waals surface area contributed by atoms with E-state index in [2.05, 4.69) is 0 Å². The molecule has 1 rings (SSSR count). The molecule has 0 aliphatic carbocycles. The molecule has 7 nitrogen and oxygen atoms in total. The highest BCUT2D eigenvalue weighted by Gasteiger charge is 2.36. The second kappa shape index (κ2) is 5.62. The maximum absolute atomic E-state index is 11.9. The van der Waals surface area contributed by atoms with E-state index in [0.717, 1.165) is 0 Å². The first kappa shape index (κ1) is 13.4. The molecule has 1 unspecified atom stereocenters. The van der Waals surface area contributed by atoms with Gasteiger partial charge in [0.05, 0.1) is 0 Å². The number of carbonyl (C=O) groups is 3. The number of aliphatic carboxylic acids is 1. The summed E-state index contributed by atoms with van der Waals surface area (Å²) in [4.78, 5) is 35.0. The van der Waals surface area contributed by atoms with Crippen LogP contribution in [-0.2, 0) is 14.4 Å². The highest BCUT2D eigenvalue weighted by molar-refractivity contribution is 5.88. The molecule has 0 aromatic heterocycles. The Morgan fingerprint density at radius 3 is 2.65 bits per heavy atom. The monoisotopic (exact) mass is 244 g/mol. The molecular weight excluding hydrogens is 228 g/mol. The van der Waals surface area contributed by atoms with Crippen LogP contribution >= 0.6 is 0 Å². The molecule has 0 aromatic rings. The van der Waals surface area contributed by atoms with Crippen molar-refractivity contribution >= 4 is 17.8 Å². The smallest absolute Gasteiger partial charge is 0.326 e. The van der Waals surface area contributed by atoms with Crippen molar-refractivity contribution in [1.82, 2.24) is 10.4 Å². The highest BCUT2D eigenvalue weighted by atomic mass is 16.5. The number of hydrogen-bond donors (Lipinski definition) is 3. The molecule has 0 saturated carbocycles. The van der Waals surface area contributed by atoms with Gasteiger partial charge in [0.25, 0.3) is 0 Å². The number of carboxylic acids is 1. The van der Waals surface area contributed by atoms with E-state index in [1.807, 2.05) is 0 Å². The minimum atomic E-state index is -1.02. The van der Waals surface area contributed by atoms with Crippen LogP contribution in [0.15, 0.2) is 0 Å². The minimum Gasteiger partial charge on any atom is -0.480 e. The average Bonchev–Trinajstić information content (AvgIpc) is 2.76. The molecule has 0 aromatic carbocycles. The van der Waals surface area contributed by atoms with E-state index in [1.165, 1.54) is 17.3 Å². The van der Waals surface area contributed by atoms with E-state index in [0.29, 0.717) is 19.4 Å². The second-order valence-electron chi connectivity index (χ2n) is 4.17. The third kappa shape index (κ3) is 3.16. The number of carboxylic acid groups (broad SMARTS) is 1. The Morgan fingerprint density at radius 2 is 2.12 bits per heavy atom. The van der Waals surface area contributed by atoms with Gasteiger partial charge in [-0.3, -0.25) is 14.8 Å². The lowest BCUT2D eigenvalue weighted by Crippen LogP contribution is -2.43. The van der Waals surface area contributed by atoms with Gasteiger partial charge in [0.2, 0.25) is 11.8 Å². The average molecular weight is 244 g/mol. The van der Waals surface area contributed by atoms with Gasteiger partial charge in [-0.05, 0) is 12.8 Å². The van der Waals surface area contributed by atoms with Gasteiger partial charge in [0, 0.05) is 18.9 Å². The standard InChI is InChI=1S/C10H16N2O5/c1-6(5-8(13)11-17)9(14)12-4-2-3-7(12)10(15)16/h6-7,17H,2-5H2,1H3,(H,11,13)(H,15,16)/t6?,7-/m0/s1. The van der Waals surface area contributed by atoms with E-state index >= 15 is 0 Å². The van der Waals surface area contributed by atoms with Crippen LogP contribution in [0.4, 0.5) is 0 Å². The molecule has 0 radical (unpaired) electrons. The van der Waals surface area contributed by atoms with Gasteiger partial charge in [-0.1, -0.05) is 6.92 Å². The number of nitrogens with one attached hydrogen (secondary N) is 1. The van der Waals surface area contributed by atoms with E-state index in [4.69, 9.17) is 10.3 Å². The largest absolute Gasteiger partial charge is 0.480 e. The van der Waals surface area contributed by atoms with Gasteiger partial charge in [0.15, 0.2) is 0 Å². The lowest BCUT2D eigenvalue weighted by molar-refractivity contribution is -0.150. The molecule has 17 heavy (non-hydrogen) atoms. The van der Waals surface area contributed by atoms with Gasteiger partial charge in [-0.15, -0.1) is 0 Å². The molecule has 1 aliphatic rings. The molecule has 2 amide bonds. The first-order chi connectivity index (χ1) is 7.97. The maximum atomic E-state index is 11.9. The van der Waals surface area contributed by atoms with Crippen LogP contribution in [0.1, 0.15) is 26.2 Å². The van der Waals surface area contributed by atoms with Crippen molar-refractivity contribution in [2.45, 2.75) is 32.2 Å². The lowest BCUT2D eigenvalue weighted by atomic mass is 10.1. The molecule has 1 fully saturated rings. The van der Waals surface area contributed by atoms with Crippen LogP contribution in [0.2, 0.25) is 0 Å². The van der Waals surface area contributed by atoms with E-state index in [1.54, 1.807) is 0 Å². The topological polar surface area (TPSA) is 107 Å². The highest BCUT2D eigenvalue weighted by Crippen LogP contribution is 2.21. The molecule has 1 saturated heterocycles. The zero-order valence-corrected chi connectivity index (χ0v) is 9.55. The second-order valence-corrected chi connectivity index (χ2v) is 4.17. The molecule has 7 heteroatoms. The van der Waals surface area contributed by atoms with Gasteiger partial charge in [-0.2, -0.15) is 0 Å². The molecule has 0 bridgehead atoms. The van der Waals surface area contributed by atoms with Crippen LogP contribution in [0, 0.1) is 5.92 Å². The van der Waals surface area contributed by atoms with Crippen LogP contribution in [0.25, 0.3) is 0 Å². The summed E-state index contributed by atoms with van der Waals surface area (Å²) in [6.07, 6.45) is 0.944. The summed E-state index contributed by atoms with van der Waals surface area (Å²) >= 11 is 0. The van der Waals surface area contributed by atoms with Crippen molar-refractivity contribution < 1.29 is 24.7 Å². The molecule has 1 aliphatic heterocycles. The van der Waals surface area contributed by atoms with Gasteiger partial charge < -0.3 is 10.0 Å². The van der Waals surface area contributed by atoms with E-state index in [-0.39, 0.29) is 12.3 Å². The normalized spacial score (nSPS) is 21.1. The summed E-state index contributed by atoms with van der Waals surface area (Å²) in [5, 5.41) is 17.3. The molecular formula is C10H16N2O5. The Morgan fingerprint density at radius 1 is 1.47 bits per heavy atom. The van der Waals surface area contributed by atoms with Gasteiger partial charge in [-0.25, -0.2) is 10.3 Å². The molecule has 96 valence electrons. The summed E-state index contributed by atoms with van der Waals surface area (Å²) in [5.74, 6) is -2.67. The fraction of sp³-hybridized carbons (Fsp3) is 0.700. The summed E-state index contributed by atoms with van der Waals surface area (Å²) in [5.41, 5.74) is 1.45. The predicted octanol–water partition coefficient (Wildman–Crippen LogP) is -0.406. The number of carbonyl (C=O) groups excluding carboxylic acids is 2. The minimum absolute atomic E-state index is 0.155. The Hall–Kier alpha value is -1.63. The number of amides is 2. The van der Waals surface area contributed by atoms with Crippen LogP contribution in [0.3, 0.4) is 0 Å². The zero-order chi connectivity index (χ0) is 13.0. The summed E-state index contributed by atoms with van der Waals surface area (Å²) in [6, 6.07) is -0.790. The van der Waals surface area contributed by atoms with E-state index in [9.17, 15) is 14.4 Å². The van der Waals surface area contributed by atoms with Crippen LogP contribution < -0.4 is 5.48 Å². The third-order valence-electron chi connectivity index (χ3n) is 2.86. The van der Waals surface area contributed by atoms with Crippen molar-refractivity contribution in [3.8, 4) is 0 Å². The number of likely N-dealkylation sites (tertiary alicyclic amines) is 1. The van der Waals surface area contributed by atoms with E-state index < -0.39 is 23.8 Å². The molecule has 3 N–H and O–H groups in total. The number of nitrogens with zero attached hydrogens (tertiary/aromatic N) is 1. The molecule has 1 heterocycles. The quantitative estimate of drug-likeness (QED) is 0.460. The predicted molar refractivity (Wildman–Crippen MR) is 56.1 cm³/mol. The number of rotatable bonds is 4. The van der Waals surface area contributed by atoms with Crippen molar-refractivity contribution in [3.63, 3.8) is 0 Å². The zero-order valence-electron chi connectivity index (χ0n) is 9.55. The fourth-order valence-corrected chi connectivity index (χ4v) is 1.98. The Labute approximate surface area is 98.4 Å². The fourth-order valence-electron chi connectivity index (χ4n) is 1.98. The first-order valence-corrected chi connectivity index (χ1v) is 5.43. The Balaban J connectivity index is 2.62. The summed E-state index contributed by atoms with van der Waals surface area (Å²) in [7, 11) is 0.